The van der Waals surface area contributed by atoms with E-state index < -0.39 is 15.6 Å². The van der Waals surface area contributed by atoms with E-state index in [0.29, 0.717) is 10.9 Å². The van der Waals surface area contributed by atoms with E-state index in [1.807, 2.05) is 0 Å². The molecule has 1 heterocycles. The largest absolute Gasteiger partial charge is 0.330 e. The summed E-state index contributed by atoms with van der Waals surface area (Å²) in [6.45, 7) is 0. The minimum atomic E-state index is -3.90. The number of sulfonamides is 1. The molecule has 2 aromatic carbocycles. The lowest BCUT2D eigenvalue weighted by molar-refractivity contribution is 0.593. The summed E-state index contributed by atoms with van der Waals surface area (Å²) in [6, 6.07) is 14.5. The molecule has 0 aliphatic rings. The highest BCUT2D eigenvalue weighted by molar-refractivity contribution is 7.92. The Labute approximate surface area is 131 Å². The first-order valence-electron chi connectivity index (χ1n) is 6.31. The lowest BCUT2D eigenvalue weighted by Crippen LogP contribution is -2.34. The van der Waals surface area contributed by atoms with Gasteiger partial charge in [-0.15, -0.1) is 0 Å². The number of hydrogen-bond acceptors (Lipinski definition) is 4. The van der Waals surface area contributed by atoms with Crippen LogP contribution in [0.1, 0.15) is 0 Å². The SMILES string of the molecule is O=c1c2ccccc2[nH]c(=S)n1NS(=O)(=O)c1ccccc1. The Morgan fingerprint density at radius 1 is 1.00 bits per heavy atom. The van der Waals surface area contributed by atoms with E-state index in [1.54, 1.807) is 42.5 Å². The highest BCUT2D eigenvalue weighted by Gasteiger charge is 2.16. The first kappa shape index (κ1) is 14.5. The Kier molecular flexibility index (Phi) is 3.55. The number of nitrogens with one attached hydrogen (secondary N) is 2. The Morgan fingerprint density at radius 3 is 2.36 bits per heavy atom. The minimum Gasteiger partial charge on any atom is -0.330 e. The van der Waals surface area contributed by atoms with Crippen LogP contribution >= 0.6 is 12.2 Å². The van der Waals surface area contributed by atoms with Crippen molar-refractivity contribution in [3.05, 3.63) is 69.7 Å². The van der Waals surface area contributed by atoms with Gasteiger partial charge in [-0.05, 0) is 36.5 Å². The molecule has 0 bridgehead atoms. The van der Waals surface area contributed by atoms with E-state index in [0.717, 1.165) is 4.68 Å². The van der Waals surface area contributed by atoms with Crippen LogP contribution in [0, 0.1) is 4.77 Å². The van der Waals surface area contributed by atoms with Crippen molar-refractivity contribution in [2.45, 2.75) is 4.90 Å². The van der Waals surface area contributed by atoms with Crippen molar-refractivity contribution in [3.63, 3.8) is 0 Å². The first-order valence-corrected chi connectivity index (χ1v) is 8.20. The number of aromatic nitrogens is 2. The fourth-order valence-electron chi connectivity index (χ4n) is 2.02. The van der Waals surface area contributed by atoms with Crippen molar-refractivity contribution in [3.8, 4) is 0 Å². The molecule has 1 aromatic heterocycles. The van der Waals surface area contributed by atoms with Crippen LogP contribution in [0.2, 0.25) is 0 Å². The van der Waals surface area contributed by atoms with Crippen LogP contribution in [0.15, 0.2) is 64.3 Å². The molecule has 0 unspecified atom stereocenters. The molecule has 6 nitrogen and oxygen atoms in total. The number of benzene rings is 2. The molecule has 3 rings (SSSR count). The summed E-state index contributed by atoms with van der Waals surface area (Å²) in [7, 11) is -3.90. The third kappa shape index (κ3) is 2.53. The van der Waals surface area contributed by atoms with Gasteiger partial charge in [0.05, 0.1) is 15.8 Å². The van der Waals surface area contributed by atoms with E-state index in [1.165, 1.54) is 12.1 Å². The van der Waals surface area contributed by atoms with Gasteiger partial charge in [-0.25, -0.2) is 4.83 Å². The van der Waals surface area contributed by atoms with E-state index in [4.69, 9.17) is 12.2 Å². The lowest BCUT2D eigenvalue weighted by Gasteiger charge is -2.11. The van der Waals surface area contributed by atoms with Gasteiger partial charge in [-0.1, -0.05) is 30.3 Å². The molecule has 0 spiro atoms. The van der Waals surface area contributed by atoms with Crippen molar-refractivity contribution in [2.24, 2.45) is 0 Å². The Morgan fingerprint density at radius 2 is 1.64 bits per heavy atom. The molecular weight excluding hydrogens is 322 g/mol. The van der Waals surface area contributed by atoms with E-state index in [-0.39, 0.29) is 9.67 Å². The van der Waals surface area contributed by atoms with Gasteiger partial charge in [-0.2, -0.15) is 13.1 Å². The summed E-state index contributed by atoms with van der Waals surface area (Å²) >= 11 is 5.07. The van der Waals surface area contributed by atoms with Gasteiger partial charge < -0.3 is 4.98 Å². The first-order chi connectivity index (χ1) is 10.5. The molecule has 8 heteroatoms. The summed E-state index contributed by atoms with van der Waals surface area (Å²) in [5.41, 5.74) is 0.0199. The van der Waals surface area contributed by atoms with Crippen LogP contribution in [-0.2, 0) is 10.0 Å². The van der Waals surface area contributed by atoms with E-state index in [9.17, 15) is 13.2 Å². The van der Waals surface area contributed by atoms with Crippen molar-refractivity contribution < 1.29 is 8.42 Å². The average Bonchev–Trinajstić information content (AvgIpc) is 2.52. The van der Waals surface area contributed by atoms with Crippen LogP contribution in [-0.4, -0.2) is 18.1 Å². The second-order valence-electron chi connectivity index (χ2n) is 4.52. The van der Waals surface area contributed by atoms with Crippen LogP contribution in [0.4, 0.5) is 0 Å². The molecule has 112 valence electrons. The minimum absolute atomic E-state index is 0.0248. The number of para-hydroxylation sites is 1. The molecule has 0 aliphatic heterocycles. The van der Waals surface area contributed by atoms with Gasteiger partial charge in [-0.3, -0.25) is 4.79 Å². The van der Waals surface area contributed by atoms with Crippen molar-refractivity contribution in [1.82, 2.24) is 9.66 Å². The molecule has 0 saturated heterocycles. The number of nitrogens with zero attached hydrogens (tertiary/aromatic N) is 1. The third-order valence-electron chi connectivity index (χ3n) is 3.07. The second kappa shape index (κ2) is 5.39. The summed E-state index contributed by atoms with van der Waals surface area (Å²) in [6.07, 6.45) is 0. The normalized spacial score (nSPS) is 11.5. The average molecular weight is 333 g/mol. The predicted octanol–water partition coefficient (Wildman–Crippen LogP) is 1.99. The van der Waals surface area contributed by atoms with Crippen molar-refractivity contribution in [2.75, 3.05) is 4.83 Å². The molecule has 0 fully saturated rings. The highest BCUT2D eigenvalue weighted by atomic mass is 32.2. The molecule has 3 aromatic rings. The third-order valence-corrected chi connectivity index (χ3v) is 4.67. The summed E-state index contributed by atoms with van der Waals surface area (Å²) in [5, 5.41) is 0.340. The maximum absolute atomic E-state index is 12.4. The summed E-state index contributed by atoms with van der Waals surface area (Å²) in [5.74, 6) is 0. The standard InChI is InChI=1S/C14H11N3O3S2/c18-13-11-8-4-5-9-12(11)15-14(21)17(13)16-22(19,20)10-6-2-1-3-7-10/h1-9,16H,(H,15,21). The summed E-state index contributed by atoms with van der Waals surface area (Å²) < 4.78 is 25.4. The zero-order valence-corrected chi connectivity index (χ0v) is 12.8. The monoisotopic (exact) mass is 333 g/mol. The van der Waals surface area contributed by atoms with Crippen LogP contribution < -0.4 is 10.4 Å². The fraction of sp³-hybridized carbons (Fsp3) is 0. The quantitative estimate of drug-likeness (QED) is 0.718. The van der Waals surface area contributed by atoms with Crippen LogP contribution in [0.5, 0.6) is 0 Å². The predicted molar refractivity (Wildman–Crippen MR) is 86.4 cm³/mol. The van der Waals surface area contributed by atoms with Crippen molar-refractivity contribution in [1.29, 1.82) is 0 Å². The molecule has 0 saturated carbocycles. The molecule has 0 amide bonds. The molecule has 0 radical (unpaired) electrons. The topological polar surface area (TPSA) is 84.0 Å². The molecule has 2 N–H and O–H groups in total. The van der Waals surface area contributed by atoms with Gasteiger partial charge in [0, 0.05) is 0 Å². The number of hydrogen-bond donors (Lipinski definition) is 2. The molecule has 0 atom stereocenters. The van der Waals surface area contributed by atoms with Crippen molar-refractivity contribution >= 4 is 33.1 Å². The molecular formula is C14H11N3O3S2. The van der Waals surface area contributed by atoms with E-state index in [2.05, 4.69) is 9.82 Å². The van der Waals surface area contributed by atoms with Gasteiger partial charge in [0.15, 0.2) is 0 Å². The number of rotatable bonds is 3. The van der Waals surface area contributed by atoms with Gasteiger partial charge >= 0.3 is 0 Å². The van der Waals surface area contributed by atoms with Gasteiger partial charge in [0.2, 0.25) is 4.77 Å². The van der Waals surface area contributed by atoms with Gasteiger partial charge in [0.1, 0.15) is 0 Å². The van der Waals surface area contributed by atoms with E-state index >= 15 is 0 Å². The smallest absolute Gasteiger partial charge is 0.281 e. The Bertz CT molecular complexity index is 1050. The van der Waals surface area contributed by atoms with Crippen LogP contribution in [0.3, 0.4) is 0 Å². The summed E-state index contributed by atoms with van der Waals surface area (Å²) in [4.78, 5) is 17.5. The van der Waals surface area contributed by atoms with Gasteiger partial charge in [0.25, 0.3) is 15.6 Å². The maximum Gasteiger partial charge on any atom is 0.281 e. The Balaban J connectivity index is 2.16. The second-order valence-corrected chi connectivity index (χ2v) is 6.57. The lowest BCUT2D eigenvalue weighted by atomic mass is 10.2. The number of aromatic amines is 1. The number of H-pyrrole nitrogens is 1. The Hall–Kier alpha value is -2.45. The molecule has 22 heavy (non-hydrogen) atoms. The number of fused-ring (bicyclic) bond motifs is 1. The zero-order valence-electron chi connectivity index (χ0n) is 11.2. The maximum atomic E-state index is 12.4. The zero-order chi connectivity index (χ0) is 15.7. The fourth-order valence-corrected chi connectivity index (χ4v) is 3.35. The van der Waals surface area contributed by atoms with Crippen LogP contribution in [0.25, 0.3) is 10.9 Å². The molecule has 0 aliphatic carbocycles. The highest BCUT2D eigenvalue weighted by Crippen LogP contribution is 2.09.